The molecule has 5 heterocycles. The van der Waals surface area contributed by atoms with E-state index >= 15 is 8.78 Å². The monoisotopic (exact) mass is 672 g/mol. The topological polar surface area (TPSA) is 101 Å². The summed E-state index contributed by atoms with van der Waals surface area (Å²) in [6.07, 6.45) is 7.73. The molecule has 2 atom stereocenters. The average molecular weight is 673 g/mol. The number of nitrogens with two attached hydrogens (primary N) is 1. The molecule has 240 valence electrons. The average Bonchev–Trinajstić information content (AvgIpc) is 3.61. The molecule has 47 heavy (non-hydrogen) atoms. The minimum absolute atomic E-state index is 0.0118. The van der Waals surface area contributed by atoms with Crippen LogP contribution in [0.2, 0.25) is 5.02 Å². The third-order valence-corrected chi connectivity index (χ3v) is 12.5. The summed E-state index contributed by atoms with van der Waals surface area (Å²) in [5, 5.41) is 10.6. The summed E-state index contributed by atoms with van der Waals surface area (Å²) in [7, 11) is 0. The van der Waals surface area contributed by atoms with Crippen molar-refractivity contribution in [2.75, 3.05) is 36.9 Å². The number of nitrogens with zero attached hydrogens (tertiary/aromatic N) is 5. The number of anilines is 2. The summed E-state index contributed by atoms with van der Waals surface area (Å²) in [4.78, 5) is 14.3. The molecular formula is C35H31ClF2N6O2S. The molecular weight excluding hydrogens is 642 g/mol. The van der Waals surface area contributed by atoms with Crippen molar-refractivity contribution in [1.82, 2.24) is 14.9 Å². The lowest BCUT2D eigenvalue weighted by Crippen LogP contribution is -2.71. The van der Waals surface area contributed by atoms with E-state index in [1.807, 2.05) is 6.08 Å². The van der Waals surface area contributed by atoms with Gasteiger partial charge in [0, 0.05) is 23.0 Å². The second-order valence-corrected chi connectivity index (χ2v) is 15.2. The lowest BCUT2D eigenvalue weighted by atomic mass is 9.48. The number of nitriles is 1. The zero-order valence-electron chi connectivity index (χ0n) is 25.5. The van der Waals surface area contributed by atoms with Gasteiger partial charge in [-0.3, -0.25) is 4.90 Å². The van der Waals surface area contributed by atoms with Crippen LogP contribution >= 0.6 is 22.9 Å². The number of rotatable bonds is 6. The molecule has 1 unspecified atom stereocenters. The molecule has 6 aliphatic rings. The van der Waals surface area contributed by atoms with Crippen LogP contribution in [0.4, 0.5) is 19.6 Å². The fourth-order valence-corrected chi connectivity index (χ4v) is 10.2. The molecule has 2 saturated heterocycles. The van der Waals surface area contributed by atoms with Gasteiger partial charge in [0.2, 0.25) is 0 Å². The molecule has 3 aliphatic heterocycles. The van der Waals surface area contributed by atoms with Crippen LogP contribution in [0.25, 0.3) is 32.1 Å². The maximum Gasteiger partial charge on any atom is 0.319 e. The fraction of sp³-hybridized carbons (Fsp3) is 0.400. The molecule has 3 aliphatic carbocycles. The van der Waals surface area contributed by atoms with Crippen LogP contribution in [0, 0.1) is 28.9 Å². The number of nitrogen functional groups attached to an aromatic ring is 1. The molecule has 2 bridgehead atoms. The van der Waals surface area contributed by atoms with Gasteiger partial charge in [-0.1, -0.05) is 35.9 Å². The number of thiophene rings is 1. The number of hydrogen-bond acceptors (Lipinski definition) is 9. The van der Waals surface area contributed by atoms with Crippen LogP contribution in [-0.4, -0.2) is 58.3 Å². The third kappa shape index (κ3) is 3.92. The number of aromatic nitrogens is 2. The SMILES string of the molecule is C=CC1COc2c(Cl)c(-c3ccc(F)c4sc(N)c(C#N)c34)c(F)c3nc(OC[C@@]45CCCN4CC(=C)C5)nc(c23)N1C12CC(C1)C2. The van der Waals surface area contributed by atoms with Gasteiger partial charge >= 0.3 is 6.01 Å². The number of fused-ring (bicyclic) bond motifs is 2. The van der Waals surface area contributed by atoms with Crippen LogP contribution < -0.4 is 20.1 Å². The molecule has 0 spiro atoms. The van der Waals surface area contributed by atoms with Gasteiger partial charge in [0.15, 0.2) is 11.6 Å². The van der Waals surface area contributed by atoms with Crippen LogP contribution in [0.3, 0.4) is 0 Å². The van der Waals surface area contributed by atoms with E-state index in [1.165, 1.54) is 17.7 Å². The van der Waals surface area contributed by atoms with Crippen molar-refractivity contribution in [2.45, 2.75) is 55.6 Å². The highest BCUT2D eigenvalue weighted by atomic mass is 35.5. The second kappa shape index (κ2) is 10.0. The van der Waals surface area contributed by atoms with Gasteiger partial charge in [0.05, 0.1) is 32.3 Å². The molecule has 5 fully saturated rings. The van der Waals surface area contributed by atoms with Crippen molar-refractivity contribution < 1.29 is 18.3 Å². The van der Waals surface area contributed by atoms with Gasteiger partial charge in [-0.25, -0.2) is 8.78 Å². The van der Waals surface area contributed by atoms with Crippen LogP contribution in [-0.2, 0) is 0 Å². The van der Waals surface area contributed by atoms with Gasteiger partial charge in [-0.2, -0.15) is 15.2 Å². The highest BCUT2D eigenvalue weighted by Crippen LogP contribution is 2.63. The van der Waals surface area contributed by atoms with Crippen molar-refractivity contribution in [2.24, 2.45) is 5.92 Å². The Balaban J connectivity index is 1.28. The molecule has 0 amide bonds. The first-order valence-corrected chi connectivity index (χ1v) is 17.1. The summed E-state index contributed by atoms with van der Waals surface area (Å²) in [6, 6.07) is 4.51. The maximum atomic E-state index is 17.3. The highest BCUT2D eigenvalue weighted by Gasteiger charge is 2.62. The van der Waals surface area contributed by atoms with E-state index < -0.39 is 11.6 Å². The Hall–Kier alpha value is -3.98. The molecule has 4 aromatic rings. The first kappa shape index (κ1) is 29.2. The quantitative estimate of drug-likeness (QED) is 0.212. The van der Waals surface area contributed by atoms with Crippen LogP contribution in [0.5, 0.6) is 11.8 Å². The number of halogens is 3. The van der Waals surface area contributed by atoms with Gasteiger partial charge in [-0.05, 0) is 62.6 Å². The maximum absolute atomic E-state index is 17.3. The van der Waals surface area contributed by atoms with Crippen LogP contribution in [0.1, 0.15) is 44.1 Å². The van der Waals surface area contributed by atoms with E-state index in [0.717, 1.165) is 63.0 Å². The van der Waals surface area contributed by atoms with Crippen molar-refractivity contribution in [3.63, 3.8) is 0 Å². The van der Waals surface area contributed by atoms with Crippen LogP contribution in [0.15, 0.2) is 36.9 Å². The summed E-state index contributed by atoms with van der Waals surface area (Å²) >= 11 is 8.04. The Kier molecular flexibility index (Phi) is 6.22. The van der Waals surface area contributed by atoms with E-state index in [9.17, 15) is 5.26 Å². The van der Waals surface area contributed by atoms with Gasteiger partial charge in [0.25, 0.3) is 0 Å². The molecule has 0 radical (unpaired) electrons. The smallest absolute Gasteiger partial charge is 0.319 e. The first-order valence-electron chi connectivity index (χ1n) is 15.9. The summed E-state index contributed by atoms with van der Waals surface area (Å²) < 4.78 is 45.3. The first-order chi connectivity index (χ1) is 22.7. The van der Waals surface area contributed by atoms with E-state index in [-0.39, 0.29) is 77.8 Å². The molecule has 12 heteroatoms. The summed E-state index contributed by atoms with van der Waals surface area (Å²) in [6.45, 7) is 10.7. The summed E-state index contributed by atoms with van der Waals surface area (Å²) in [5.41, 5.74) is 7.19. The predicted molar refractivity (Wildman–Crippen MR) is 179 cm³/mol. The minimum Gasteiger partial charge on any atom is -0.489 e. The second-order valence-electron chi connectivity index (χ2n) is 13.8. The number of ether oxygens (including phenoxy) is 2. The van der Waals surface area contributed by atoms with Crippen molar-refractivity contribution >= 4 is 54.7 Å². The van der Waals surface area contributed by atoms with Gasteiger partial charge in [0.1, 0.15) is 41.4 Å². The molecule has 2 aromatic carbocycles. The van der Waals surface area contributed by atoms with E-state index in [0.29, 0.717) is 23.7 Å². The molecule has 8 nitrogen and oxygen atoms in total. The highest BCUT2D eigenvalue weighted by molar-refractivity contribution is 7.23. The molecule has 10 rings (SSSR count). The largest absolute Gasteiger partial charge is 0.489 e. The molecule has 2 aromatic heterocycles. The van der Waals surface area contributed by atoms with Crippen molar-refractivity contribution in [1.29, 1.82) is 5.26 Å². The zero-order chi connectivity index (χ0) is 32.4. The van der Waals surface area contributed by atoms with Gasteiger partial charge < -0.3 is 20.1 Å². The van der Waals surface area contributed by atoms with E-state index in [4.69, 9.17) is 36.8 Å². The normalized spacial score (nSPS) is 27.6. The summed E-state index contributed by atoms with van der Waals surface area (Å²) in [5.74, 6) is 0.0958. The third-order valence-electron chi connectivity index (χ3n) is 11.1. The predicted octanol–water partition coefficient (Wildman–Crippen LogP) is 7.38. The fourth-order valence-electron chi connectivity index (χ4n) is 8.88. The number of hydrogen-bond donors (Lipinski definition) is 1. The van der Waals surface area contributed by atoms with Crippen molar-refractivity contribution in [3.05, 3.63) is 59.2 Å². The Morgan fingerprint density at radius 2 is 2.06 bits per heavy atom. The molecule has 3 saturated carbocycles. The Bertz CT molecular complexity index is 2110. The van der Waals surface area contributed by atoms with Gasteiger partial charge in [-0.15, -0.1) is 17.9 Å². The number of benzene rings is 2. The Morgan fingerprint density at radius 1 is 1.26 bits per heavy atom. The Morgan fingerprint density at radius 3 is 2.79 bits per heavy atom. The minimum atomic E-state index is -0.739. The lowest BCUT2D eigenvalue weighted by molar-refractivity contribution is -0.0306. The Labute approximate surface area is 279 Å². The zero-order valence-corrected chi connectivity index (χ0v) is 27.1. The lowest BCUT2D eigenvalue weighted by Gasteiger charge is -2.67. The van der Waals surface area contributed by atoms with E-state index in [2.05, 4.69) is 29.0 Å². The molecule has 2 N–H and O–H groups in total. The standard InChI is InChI=1S/C35H31ClF2N6O2S/c1-3-19-15-45-29-25-28(27(38)24(26(29)36)20-5-6-22(37)30-23(20)21(13-39)31(40)47-30)41-33(42-32(25)44(19)35-10-18(11-35)12-35)46-16-34-7-4-8-43(34)14-17(2)9-34/h3,5-6,18-19H,1-2,4,7-12,14-16,40H2/t18?,19?,34-,35?/m0/s1. The van der Waals surface area contributed by atoms with Crippen molar-refractivity contribution in [3.8, 4) is 29.0 Å². The van der Waals surface area contributed by atoms with E-state index in [1.54, 1.807) is 0 Å².